The Balaban J connectivity index is 2.14. The maximum absolute atomic E-state index is 5.07. The van der Waals surface area contributed by atoms with Crippen molar-refractivity contribution in [1.29, 1.82) is 0 Å². The fourth-order valence-electron chi connectivity index (χ4n) is 3.58. The van der Waals surface area contributed by atoms with Gasteiger partial charge in [-0.3, -0.25) is 0 Å². The van der Waals surface area contributed by atoms with Gasteiger partial charge in [-0.15, -0.1) is 0 Å². The van der Waals surface area contributed by atoms with E-state index in [9.17, 15) is 0 Å². The van der Waals surface area contributed by atoms with E-state index in [0.717, 1.165) is 25.8 Å². The fraction of sp³-hybridized carbons (Fsp3) is 0.550. The molecule has 0 spiro atoms. The summed E-state index contributed by atoms with van der Waals surface area (Å²) in [6.45, 7) is 9.94. The first kappa shape index (κ1) is 16.1. The van der Waals surface area contributed by atoms with Crippen molar-refractivity contribution in [1.82, 2.24) is 9.78 Å². The third kappa shape index (κ3) is 3.01. The molecule has 0 fully saturated rings. The Kier molecular flexibility index (Phi) is 4.74. The number of nitrogens with zero attached hydrogens (tertiary/aromatic N) is 2. The molecule has 0 radical (unpaired) electrons. The number of hydrogen-bond acceptors (Lipinski definition) is 2. The van der Waals surface area contributed by atoms with Crippen molar-refractivity contribution >= 4 is 5.82 Å². The van der Waals surface area contributed by atoms with E-state index in [1.807, 2.05) is 0 Å². The second kappa shape index (κ2) is 6.77. The highest BCUT2D eigenvalue weighted by Crippen LogP contribution is 2.34. The summed E-state index contributed by atoms with van der Waals surface area (Å²) in [5.74, 6) is 1.80. The summed E-state index contributed by atoms with van der Waals surface area (Å²) >= 11 is 0. The Morgan fingerprint density at radius 2 is 1.91 bits per heavy atom. The first-order valence-electron chi connectivity index (χ1n) is 9.09. The molecule has 1 aromatic heterocycles. The van der Waals surface area contributed by atoms with E-state index in [-0.39, 0.29) is 0 Å². The van der Waals surface area contributed by atoms with Crippen molar-refractivity contribution in [3.8, 4) is 5.69 Å². The quantitative estimate of drug-likeness (QED) is 0.847. The van der Waals surface area contributed by atoms with Gasteiger partial charge in [0, 0.05) is 18.0 Å². The number of rotatable bonds is 4. The van der Waals surface area contributed by atoms with Crippen LogP contribution in [0.2, 0.25) is 0 Å². The lowest BCUT2D eigenvalue weighted by molar-refractivity contribution is 0.605. The largest absolute Gasteiger partial charge is 0.370 e. The van der Waals surface area contributed by atoms with Crippen LogP contribution >= 0.6 is 0 Å². The lowest BCUT2D eigenvalue weighted by Crippen LogP contribution is -2.07. The summed E-state index contributed by atoms with van der Waals surface area (Å²) in [4.78, 5) is 0. The number of fused-ring (bicyclic) bond motifs is 1. The molecule has 0 atom stereocenters. The van der Waals surface area contributed by atoms with E-state index in [1.54, 1.807) is 0 Å². The van der Waals surface area contributed by atoms with E-state index in [0.29, 0.717) is 5.92 Å². The number of aryl methyl sites for hydroxylation is 2. The van der Waals surface area contributed by atoms with Crippen molar-refractivity contribution in [3.63, 3.8) is 0 Å². The van der Waals surface area contributed by atoms with Gasteiger partial charge in [-0.25, -0.2) is 4.68 Å². The zero-order valence-electron chi connectivity index (χ0n) is 14.9. The molecule has 1 aliphatic rings. The van der Waals surface area contributed by atoms with Crippen LogP contribution in [0.25, 0.3) is 5.69 Å². The molecule has 3 rings (SSSR count). The van der Waals surface area contributed by atoms with Gasteiger partial charge in [0.2, 0.25) is 0 Å². The summed E-state index contributed by atoms with van der Waals surface area (Å²) in [6, 6.07) is 6.65. The Morgan fingerprint density at radius 3 is 2.61 bits per heavy atom. The molecular formula is C20H29N3. The van der Waals surface area contributed by atoms with Crippen LogP contribution in [-0.4, -0.2) is 16.3 Å². The summed E-state index contributed by atoms with van der Waals surface area (Å²) in [5, 5.41) is 8.72. The average Bonchev–Trinajstić information content (AvgIpc) is 2.74. The summed E-state index contributed by atoms with van der Waals surface area (Å²) in [7, 11) is 0. The van der Waals surface area contributed by atoms with Crippen molar-refractivity contribution < 1.29 is 0 Å². The van der Waals surface area contributed by atoms with Crippen molar-refractivity contribution in [2.45, 2.75) is 65.7 Å². The topological polar surface area (TPSA) is 29.9 Å². The minimum Gasteiger partial charge on any atom is -0.370 e. The van der Waals surface area contributed by atoms with E-state index in [1.165, 1.54) is 46.7 Å². The number of benzene rings is 1. The molecular weight excluding hydrogens is 282 g/mol. The van der Waals surface area contributed by atoms with Crippen LogP contribution in [0.4, 0.5) is 5.82 Å². The summed E-state index contributed by atoms with van der Waals surface area (Å²) in [5.41, 5.74) is 6.60. The van der Waals surface area contributed by atoms with Gasteiger partial charge in [0.25, 0.3) is 0 Å². The Hall–Kier alpha value is -1.77. The third-order valence-electron chi connectivity index (χ3n) is 5.27. The zero-order valence-corrected chi connectivity index (χ0v) is 14.9. The van der Waals surface area contributed by atoms with Gasteiger partial charge in [-0.2, -0.15) is 5.10 Å². The maximum Gasteiger partial charge on any atom is 0.133 e. The molecule has 0 saturated heterocycles. The van der Waals surface area contributed by atoms with Crippen LogP contribution < -0.4 is 5.32 Å². The van der Waals surface area contributed by atoms with Crippen molar-refractivity contribution in [3.05, 3.63) is 40.6 Å². The normalized spacial score (nSPS) is 14.5. The highest BCUT2D eigenvalue weighted by atomic mass is 15.3. The van der Waals surface area contributed by atoms with E-state index in [4.69, 9.17) is 5.10 Å². The second-order valence-electron chi connectivity index (χ2n) is 6.79. The third-order valence-corrected chi connectivity index (χ3v) is 5.27. The molecule has 2 aromatic rings. The van der Waals surface area contributed by atoms with Crippen LogP contribution in [0.1, 0.15) is 67.8 Å². The summed E-state index contributed by atoms with van der Waals surface area (Å²) < 4.78 is 2.15. The fourth-order valence-corrected chi connectivity index (χ4v) is 3.58. The van der Waals surface area contributed by atoms with Gasteiger partial charge in [0.1, 0.15) is 5.82 Å². The number of aromatic nitrogens is 2. The molecule has 0 aliphatic carbocycles. The Morgan fingerprint density at radius 1 is 1.13 bits per heavy atom. The highest BCUT2D eigenvalue weighted by Gasteiger charge is 2.24. The first-order chi connectivity index (χ1) is 11.2. The van der Waals surface area contributed by atoms with Gasteiger partial charge < -0.3 is 5.32 Å². The van der Waals surface area contributed by atoms with Crippen LogP contribution in [-0.2, 0) is 6.42 Å². The Bertz CT molecular complexity index is 680. The average molecular weight is 311 g/mol. The molecule has 0 unspecified atom stereocenters. The maximum atomic E-state index is 5.07. The minimum absolute atomic E-state index is 0.566. The molecule has 2 heterocycles. The van der Waals surface area contributed by atoms with Gasteiger partial charge in [0.15, 0.2) is 0 Å². The van der Waals surface area contributed by atoms with Crippen LogP contribution in [0.3, 0.4) is 0 Å². The molecule has 1 aromatic carbocycles. The standard InChI is InChI=1S/C20H29N3/c1-5-16(6-2)19-18-9-7-8-12-21-20(18)23(22-19)17-11-10-14(3)15(4)13-17/h10-11,13,16,21H,5-9,12H2,1-4H3. The predicted molar refractivity (Wildman–Crippen MR) is 97.8 cm³/mol. The lowest BCUT2D eigenvalue weighted by Gasteiger charge is -2.11. The number of hydrogen-bond donors (Lipinski definition) is 1. The number of anilines is 1. The molecule has 23 heavy (non-hydrogen) atoms. The SMILES string of the molecule is CCC(CC)c1nn(-c2ccc(C)c(C)c2)c2c1CCCCN2. The van der Waals surface area contributed by atoms with E-state index < -0.39 is 0 Å². The second-order valence-corrected chi connectivity index (χ2v) is 6.79. The molecule has 3 heteroatoms. The molecule has 1 N–H and O–H groups in total. The molecule has 0 saturated carbocycles. The number of nitrogens with one attached hydrogen (secondary N) is 1. The van der Waals surface area contributed by atoms with Crippen molar-refractivity contribution in [2.75, 3.05) is 11.9 Å². The van der Waals surface area contributed by atoms with Gasteiger partial charge in [0.05, 0.1) is 11.4 Å². The minimum atomic E-state index is 0.566. The predicted octanol–water partition coefficient (Wildman–Crippen LogP) is 5.14. The first-order valence-corrected chi connectivity index (χ1v) is 9.09. The molecule has 0 bridgehead atoms. The zero-order chi connectivity index (χ0) is 16.4. The lowest BCUT2D eigenvalue weighted by atomic mass is 9.94. The monoisotopic (exact) mass is 311 g/mol. The van der Waals surface area contributed by atoms with Crippen LogP contribution in [0.15, 0.2) is 18.2 Å². The highest BCUT2D eigenvalue weighted by molar-refractivity contribution is 5.55. The van der Waals surface area contributed by atoms with E-state index in [2.05, 4.69) is 55.9 Å². The van der Waals surface area contributed by atoms with Gasteiger partial charge in [-0.1, -0.05) is 19.9 Å². The van der Waals surface area contributed by atoms with Crippen LogP contribution in [0.5, 0.6) is 0 Å². The molecule has 1 aliphatic heterocycles. The Labute approximate surface area is 140 Å². The van der Waals surface area contributed by atoms with Crippen molar-refractivity contribution in [2.24, 2.45) is 0 Å². The smallest absolute Gasteiger partial charge is 0.133 e. The van der Waals surface area contributed by atoms with Crippen LogP contribution in [0, 0.1) is 13.8 Å². The summed E-state index contributed by atoms with van der Waals surface area (Å²) in [6.07, 6.45) is 5.97. The molecule has 0 amide bonds. The molecule has 124 valence electrons. The van der Waals surface area contributed by atoms with E-state index >= 15 is 0 Å². The van der Waals surface area contributed by atoms with Gasteiger partial charge >= 0.3 is 0 Å². The molecule has 3 nitrogen and oxygen atoms in total. The van der Waals surface area contributed by atoms with Gasteiger partial charge in [-0.05, 0) is 69.2 Å².